The molecule has 0 bridgehead atoms. The number of hydrogen-bond donors (Lipinski definition) is 3. The number of rotatable bonds is 8. The van der Waals surface area contributed by atoms with Crippen LogP contribution in [0.15, 0.2) is 0 Å². The molecule has 3 saturated carbocycles. The van der Waals surface area contributed by atoms with E-state index in [1.165, 1.54) is 90.3 Å². The fraction of sp³-hybridized carbons (Fsp3) is 1.00. The number of hydrogen-bond acceptors (Lipinski definition) is 5. The third kappa shape index (κ3) is 5.74. The summed E-state index contributed by atoms with van der Waals surface area (Å²) in [5.74, 6) is 4.62. The fourth-order valence-corrected chi connectivity index (χ4v) is 6.94. The Morgan fingerprint density at radius 2 is 1.59 bits per heavy atom. The van der Waals surface area contributed by atoms with Crippen LogP contribution < -0.4 is 16.5 Å². The zero-order valence-corrected chi connectivity index (χ0v) is 18.8. The summed E-state index contributed by atoms with van der Waals surface area (Å²) in [7, 11) is 1.88. The molecule has 3 aliphatic carbocycles. The molecule has 5 nitrogen and oxygen atoms in total. The van der Waals surface area contributed by atoms with Gasteiger partial charge in [0.15, 0.2) is 0 Å². The molecule has 0 aromatic rings. The summed E-state index contributed by atoms with van der Waals surface area (Å²) in [6, 6.07) is 0.804. The summed E-state index contributed by atoms with van der Waals surface area (Å²) >= 11 is 0. The van der Waals surface area contributed by atoms with Crippen LogP contribution in [-0.4, -0.2) is 57.0 Å². The summed E-state index contributed by atoms with van der Waals surface area (Å²) in [4.78, 5) is 0. The second-order valence-electron chi connectivity index (χ2n) is 10.6. The number of methoxy groups -OCH3 is 1. The summed E-state index contributed by atoms with van der Waals surface area (Å²) in [6.45, 7) is 5.41. The first-order valence-corrected chi connectivity index (χ1v) is 12.7. The zero-order valence-electron chi connectivity index (χ0n) is 18.8. The molecule has 0 aromatic heterocycles. The molecular weight excluding hydrogens is 360 g/mol. The highest BCUT2D eigenvalue weighted by Gasteiger charge is 2.42. The second kappa shape index (κ2) is 10.9. The molecule has 0 spiro atoms. The molecule has 4 N–H and O–H groups in total. The number of fused-ring (bicyclic) bond motifs is 1. The number of hydrazine groups is 1. The quantitative estimate of drug-likeness (QED) is 0.541. The van der Waals surface area contributed by atoms with Crippen molar-refractivity contribution in [3.05, 3.63) is 0 Å². The van der Waals surface area contributed by atoms with Gasteiger partial charge in [0.1, 0.15) is 0 Å². The lowest BCUT2D eigenvalue weighted by molar-refractivity contribution is 0.0323. The monoisotopic (exact) mass is 406 g/mol. The van der Waals surface area contributed by atoms with Crippen molar-refractivity contribution in [3.8, 4) is 0 Å². The SMILES string of the molecule is COC1CCC(CN2NCC3CCC(C4CCC(CNCCN)CC4)CC32)CC1. The molecule has 3 atom stereocenters. The first-order valence-electron chi connectivity index (χ1n) is 12.7. The Labute approximate surface area is 178 Å². The zero-order chi connectivity index (χ0) is 20.1. The van der Waals surface area contributed by atoms with Gasteiger partial charge in [-0.25, -0.2) is 5.01 Å². The highest BCUT2D eigenvalue weighted by molar-refractivity contribution is 4.94. The Morgan fingerprint density at radius 1 is 0.897 bits per heavy atom. The Bertz CT molecular complexity index is 474. The van der Waals surface area contributed by atoms with Crippen molar-refractivity contribution in [1.82, 2.24) is 15.8 Å². The third-order valence-electron chi connectivity index (χ3n) is 8.85. The van der Waals surface area contributed by atoms with E-state index in [1.54, 1.807) is 0 Å². The van der Waals surface area contributed by atoms with Gasteiger partial charge in [-0.05, 0) is 107 Å². The Kier molecular flexibility index (Phi) is 8.27. The Balaban J connectivity index is 1.22. The van der Waals surface area contributed by atoms with Crippen molar-refractivity contribution in [2.24, 2.45) is 35.3 Å². The minimum absolute atomic E-state index is 0.519. The molecule has 4 aliphatic rings. The molecule has 1 heterocycles. The number of ether oxygens (including phenoxy) is 1. The lowest BCUT2D eigenvalue weighted by Gasteiger charge is -2.42. The molecule has 4 fully saturated rings. The van der Waals surface area contributed by atoms with E-state index in [-0.39, 0.29) is 0 Å². The molecule has 4 rings (SSSR count). The van der Waals surface area contributed by atoms with Crippen LogP contribution in [-0.2, 0) is 4.74 Å². The van der Waals surface area contributed by atoms with Gasteiger partial charge >= 0.3 is 0 Å². The average Bonchev–Trinajstić information content (AvgIpc) is 3.17. The van der Waals surface area contributed by atoms with Crippen LogP contribution in [0.25, 0.3) is 0 Å². The van der Waals surface area contributed by atoms with Gasteiger partial charge < -0.3 is 15.8 Å². The minimum atomic E-state index is 0.519. The maximum atomic E-state index is 5.61. The number of nitrogens with two attached hydrogens (primary N) is 1. The molecule has 168 valence electrons. The standard InChI is InChI=1S/C24H46N4O/c1-29-23-10-4-19(5-11-23)17-28-24-14-21(8-9-22(24)16-27-28)20-6-2-18(3-7-20)15-26-13-12-25/h18-24,26-27H,2-17,25H2,1H3. The van der Waals surface area contributed by atoms with Crippen LogP contribution in [0.4, 0.5) is 0 Å². The van der Waals surface area contributed by atoms with Crippen molar-refractivity contribution < 1.29 is 4.74 Å². The number of nitrogens with one attached hydrogen (secondary N) is 2. The maximum Gasteiger partial charge on any atom is 0.0571 e. The van der Waals surface area contributed by atoms with Gasteiger partial charge in [0, 0.05) is 39.3 Å². The van der Waals surface area contributed by atoms with Gasteiger partial charge in [-0.3, -0.25) is 5.43 Å². The average molecular weight is 407 g/mol. The van der Waals surface area contributed by atoms with Gasteiger partial charge in [0.05, 0.1) is 6.10 Å². The smallest absolute Gasteiger partial charge is 0.0571 e. The molecule has 29 heavy (non-hydrogen) atoms. The van der Waals surface area contributed by atoms with Crippen LogP contribution in [0.5, 0.6) is 0 Å². The fourth-order valence-electron chi connectivity index (χ4n) is 6.94. The van der Waals surface area contributed by atoms with E-state index in [0.29, 0.717) is 6.10 Å². The van der Waals surface area contributed by atoms with E-state index in [0.717, 1.165) is 48.7 Å². The molecular formula is C24H46N4O. The van der Waals surface area contributed by atoms with E-state index >= 15 is 0 Å². The van der Waals surface area contributed by atoms with Crippen LogP contribution in [0, 0.1) is 29.6 Å². The van der Waals surface area contributed by atoms with E-state index in [2.05, 4.69) is 15.8 Å². The van der Waals surface area contributed by atoms with Gasteiger partial charge in [-0.1, -0.05) is 0 Å². The molecule has 0 radical (unpaired) electrons. The van der Waals surface area contributed by atoms with Crippen molar-refractivity contribution in [2.75, 3.05) is 39.8 Å². The van der Waals surface area contributed by atoms with Crippen LogP contribution >= 0.6 is 0 Å². The normalized spacial score (nSPS) is 41.4. The van der Waals surface area contributed by atoms with Crippen LogP contribution in [0.2, 0.25) is 0 Å². The van der Waals surface area contributed by atoms with Crippen molar-refractivity contribution >= 4 is 0 Å². The van der Waals surface area contributed by atoms with Crippen molar-refractivity contribution in [2.45, 2.75) is 82.8 Å². The Morgan fingerprint density at radius 3 is 2.31 bits per heavy atom. The molecule has 0 amide bonds. The maximum absolute atomic E-state index is 5.61. The van der Waals surface area contributed by atoms with Gasteiger partial charge in [0.25, 0.3) is 0 Å². The summed E-state index contributed by atoms with van der Waals surface area (Å²) in [5.41, 5.74) is 9.43. The molecule has 5 heteroatoms. The molecule has 0 aromatic carbocycles. The lowest BCUT2D eigenvalue weighted by Crippen LogP contribution is -2.45. The predicted octanol–water partition coefficient (Wildman–Crippen LogP) is 3.15. The molecule has 3 unspecified atom stereocenters. The second-order valence-corrected chi connectivity index (χ2v) is 10.6. The third-order valence-corrected chi connectivity index (χ3v) is 8.85. The largest absolute Gasteiger partial charge is 0.381 e. The summed E-state index contributed by atoms with van der Waals surface area (Å²) < 4.78 is 5.57. The van der Waals surface area contributed by atoms with E-state index in [4.69, 9.17) is 10.5 Å². The van der Waals surface area contributed by atoms with Gasteiger partial charge in [0.2, 0.25) is 0 Å². The highest BCUT2D eigenvalue weighted by Crippen LogP contribution is 2.44. The van der Waals surface area contributed by atoms with E-state index in [9.17, 15) is 0 Å². The van der Waals surface area contributed by atoms with Gasteiger partial charge in [-0.2, -0.15) is 0 Å². The predicted molar refractivity (Wildman–Crippen MR) is 119 cm³/mol. The lowest BCUT2D eigenvalue weighted by atomic mass is 9.68. The van der Waals surface area contributed by atoms with Gasteiger partial charge in [-0.15, -0.1) is 0 Å². The van der Waals surface area contributed by atoms with E-state index in [1.807, 2.05) is 7.11 Å². The van der Waals surface area contributed by atoms with Crippen molar-refractivity contribution in [1.29, 1.82) is 0 Å². The minimum Gasteiger partial charge on any atom is -0.381 e. The first-order chi connectivity index (χ1) is 14.3. The molecule has 1 aliphatic heterocycles. The van der Waals surface area contributed by atoms with E-state index < -0.39 is 0 Å². The van der Waals surface area contributed by atoms with Crippen LogP contribution in [0.3, 0.4) is 0 Å². The number of nitrogens with zero attached hydrogens (tertiary/aromatic N) is 1. The topological polar surface area (TPSA) is 62.5 Å². The summed E-state index contributed by atoms with van der Waals surface area (Å²) in [6.07, 6.45) is 15.9. The first kappa shape index (κ1) is 22.0. The van der Waals surface area contributed by atoms with Crippen molar-refractivity contribution in [3.63, 3.8) is 0 Å². The Hall–Kier alpha value is -0.200. The molecule has 1 saturated heterocycles. The highest BCUT2D eigenvalue weighted by atomic mass is 16.5. The van der Waals surface area contributed by atoms with Crippen LogP contribution in [0.1, 0.15) is 70.6 Å². The summed E-state index contributed by atoms with van der Waals surface area (Å²) in [5, 5.41) is 6.22.